The number of ether oxygens (including phenoxy) is 3. The van der Waals surface area contributed by atoms with Crippen molar-refractivity contribution in [1.82, 2.24) is 4.90 Å². The lowest BCUT2D eigenvalue weighted by Gasteiger charge is -2.26. The van der Waals surface area contributed by atoms with Crippen LogP contribution >= 0.6 is 0 Å². The Bertz CT molecular complexity index is 950. The Morgan fingerprint density at radius 1 is 1.17 bits per heavy atom. The molecule has 1 aliphatic heterocycles. The molecule has 0 saturated carbocycles. The molecule has 0 bridgehead atoms. The lowest BCUT2D eigenvalue weighted by atomic mass is 10.0. The highest BCUT2D eigenvalue weighted by Gasteiger charge is 2.32. The van der Waals surface area contributed by atoms with Gasteiger partial charge in [-0.3, -0.25) is 4.79 Å². The highest BCUT2D eigenvalue weighted by atomic mass is 16.5. The minimum Gasteiger partial charge on any atom is -0.497 e. The lowest BCUT2D eigenvalue weighted by molar-refractivity contribution is -0.135. The predicted molar refractivity (Wildman–Crippen MR) is 105 cm³/mol. The third-order valence-corrected chi connectivity index (χ3v) is 4.92. The van der Waals surface area contributed by atoms with Crippen LogP contribution in [0.3, 0.4) is 0 Å². The number of rotatable bonds is 6. The number of carbonyl (C=O) groups is 2. The molecule has 2 aromatic carbocycles. The fraction of sp³-hybridized carbons (Fsp3) is 0.318. The van der Waals surface area contributed by atoms with Crippen molar-refractivity contribution in [3.05, 3.63) is 59.2 Å². The molecule has 7 nitrogen and oxygen atoms in total. The van der Waals surface area contributed by atoms with Crippen LogP contribution < -0.4 is 9.47 Å². The number of nitrogens with zero attached hydrogens (tertiary/aromatic N) is 2. The Morgan fingerprint density at radius 3 is 2.72 bits per heavy atom. The van der Waals surface area contributed by atoms with Crippen LogP contribution in [0.1, 0.15) is 40.4 Å². The highest BCUT2D eigenvalue weighted by molar-refractivity contribution is 5.91. The van der Waals surface area contributed by atoms with Gasteiger partial charge in [-0.1, -0.05) is 6.07 Å². The molecule has 0 aliphatic carbocycles. The number of esters is 1. The molecule has 0 N–H and O–H groups in total. The minimum absolute atomic E-state index is 0.173. The van der Waals surface area contributed by atoms with Crippen LogP contribution in [-0.2, 0) is 9.53 Å². The zero-order valence-corrected chi connectivity index (χ0v) is 16.4. The van der Waals surface area contributed by atoms with Gasteiger partial charge in [0.05, 0.1) is 37.5 Å². The van der Waals surface area contributed by atoms with E-state index in [2.05, 4.69) is 0 Å². The first kappa shape index (κ1) is 20.2. The van der Waals surface area contributed by atoms with Crippen LogP contribution in [0, 0.1) is 11.3 Å². The average molecular weight is 394 g/mol. The largest absolute Gasteiger partial charge is 0.497 e. The molecule has 0 aromatic heterocycles. The molecule has 1 aliphatic rings. The Kier molecular flexibility index (Phi) is 6.35. The summed E-state index contributed by atoms with van der Waals surface area (Å²) in [7, 11) is 3.17. The van der Waals surface area contributed by atoms with Crippen molar-refractivity contribution in [2.45, 2.75) is 18.9 Å². The van der Waals surface area contributed by atoms with Crippen molar-refractivity contribution in [2.24, 2.45) is 0 Å². The summed E-state index contributed by atoms with van der Waals surface area (Å²) in [6, 6.07) is 13.5. The second-order valence-electron chi connectivity index (χ2n) is 6.62. The normalized spacial score (nSPS) is 15.5. The van der Waals surface area contributed by atoms with Gasteiger partial charge < -0.3 is 19.1 Å². The molecule has 1 amide bonds. The van der Waals surface area contributed by atoms with E-state index in [4.69, 9.17) is 19.5 Å². The van der Waals surface area contributed by atoms with Crippen molar-refractivity contribution in [2.75, 3.05) is 27.4 Å². The van der Waals surface area contributed by atoms with Gasteiger partial charge in [-0.25, -0.2) is 4.79 Å². The third kappa shape index (κ3) is 4.49. The van der Waals surface area contributed by atoms with Gasteiger partial charge in [-0.05, 0) is 49.2 Å². The number of carbonyl (C=O) groups excluding carboxylic acids is 2. The summed E-state index contributed by atoms with van der Waals surface area (Å²) in [5, 5.41) is 8.94. The minimum atomic E-state index is -0.634. The maximum atomic E-state index is 12.8. The Labute approximate surface area is 169 Å². The van der Waals surface area contributed by atoms with Gasteiger partial charge >= 0.3 is 5.97 Å². The van der Waals surface area contributed by atoms with E-state index in [-0.39, 0.29) is 24.1 Å². The summed E-state index contributed by atoms with van der Waals surface area (Å²) in [6.45, 7) is 0.212. The van der Waals surface area contributed by atoms with Crippen LogP contribution in [0.15, 0.2) is 42.5 Å². The molecule has 1 saturated heterocycles. The fourth-order valence-corrected chi connectivity index (χ4v) is 3.50. The van der Waals surface area contributed by atoms with Crippen LogP contribution in [0.4, 0.5) is 0 Å². The number of hydrogen-bond donors (Lipinski definition) is 0. The van der Waals surface area contributed by atoms with Gasteiger partial charge in [-0.15, -0.1) is 0 Å². The smallest absolute Gasteiger partial charge is 0.338 e. The Hall–Kier alpha value is -3.53. The van der Waals surface area contributed by atoms with E-state index in [1.54, 1.807) is 43.4 Å². The van der Waals surface area contributed by atoms with Gasteiger partial charge in [0.1, 0.15) is 11.5 Å². The van der Waals surface area contributed by atoms with Gasteiger partial charge in [0.25, 0.3) is 5.91 Å². The molecule has 2 aromatic rings. The lowest BCUT2D eigenvalue weighted by Crippen LogP contribution is -2.34. The molecular formula is C22H22N2O5. The molecule has 3 rings (SSSR count). The summed E-state index contributed by atoms with van der Waals surface area (Å²) in [5.74, 6) is 0.456. The summed E-state index contributed by atoms with van der Waals surface area (Å²) < 4.78 is 16.0. The van der Waals surface area contributed by atoms with Crippen molar-refractivity contribution in [3.8, 4) is 17.6 Å². The fourth-order valence-electron chi connectivity index (χ4n) is 3.50. The van der Waals surface area contributed by atoms with Crippen molar-refractivity contribution >= 4 is 11.9 Å². The van der Waals surface area contributed by atoms with E-state index in [9.17, 15) is 9.59 Å². The monoisotopic (exact) mass is 394 g/mol. The molecule has 7 heteroatoms. The van der Waals surface area contributed by atoms with Crippen molar-refractivity contribution in [1.29, 1.82) is 5.26 Å². The number of nitriles is 1. The van der Waals surface area contributed by atoms with Gasteiger partial charge in [-0.2, -0.15) is 5.26 Å². The van der Waals surface area contributed by atoms with Crippen molar-refractivity contribution in [3.63, 3.8) is 0 Å². The zero-order chi connectivity index (χ0) is 20.8. The van der Waals surface area contributed by atoms with Crippen LogP contribution in [0.25, 0.3) is 0 Å². The molecular weight excluding hydrogens is 372 g/mol. The maximum Gasteiger partial charge on any atom is 0.338 e. The number of methoxy groups -OCH3 is 2. The van der Waals surface area contributed by atoms with E-state index in [1.165, 1.54) is 6.07 Å². The summed E-state index contributed by atoms with van der Waals surface area (Å²) in [5.41, 5.74) is 1.46. The number of benzene rings is 2. The van der Waals surface area contributed by atoms with Crippen LogP contribution in [0.5, 0.6) is 11.5 Å². The van der Waals surface area contributed by atoms with E-state index >= 15 is 0 Å². The van der Waals surface area contributed by atoms with E-state index < -0.39 is 5.97 Å². The molecule has 1 atom stereocenters. The van der Waals surface area contributed by atoms with E-state index in [1.807, 2.05) is 18.2 Å². The van der Waals surface area contributed by atoms with Gasteiger partial charge in [0, 0.05) is 12.1 Å². The average Bonchev–Trinajstić information content (AvgIpc) is 3.26. The molecule has 29 heavy (non-hydrogen) atoms. The molecule has 0 radical (unpaired) electrons. The summed E-state index contributed by atoms with van der Waals surface area (Å²) >= 11 is 0. The number of likely N-dealkylation sites (tertiary alicyclic amines) is 1. The highest BCUT2D eigenvalue weighted by Crippen LogP contribution is 2.38. The topological polar surface area (TPSA) is 88.9 Å². The second-order valence-corrected chi connectivity index (χ2v) is 6.62. The quantitative estimate of drug-likeness (QED) is 0.700. The van der Waals surface area contributed by atoms with E-state index in [0.29, 0.717) is 23.6 Å². The first-order valence-electron chi connectivity index (χ1n) is 9.26. The number of hydrogen-bond acceptors (Lipinski definition) is 6. The van der Waals surface area contributed by atoms with Crippen LogP contribution in [0.2, 0.25) is 0 Å². The Morgan fingerprint density at radius 2 is 2.00 bits per heavy atom. The molecule has 150 valence electrons. The second kappa shape index (κ2) is 9.11. The summed E-state index contributed by atoms with van der Waals surface area (Å²) in [6.07, 6.45) is 1.63. The standard InChI is InChI=1S/C22H22N2O5/c1-27-17-8-9-20(28-2)18(12-17)19-7-4-10-24(19)21(25)14-29-22(26)16-6-3-5-15(11-16)13-23/h3,5-6,8-9,11-12,19H,4,7,10,14H2,1-2H3/t19-/m0/s1. The molecule has 0 spiro atoms. The number of amides is 1. The third-order valence-electron chi connectivity index (χ3n) is 4.92. The zero-order valence-electron chi connectivity index (χ0n) is 16.4. The van der Waals surface area contributed by atoms with Gasteiger partial charge in [0.15, 0.2) is 6.61 Å². The Balaban J connectivity index is 1.70. The molecule has 1 fully saturated rings. The van der Waals surface area contributed by atoms with Gasteiger partial charge in [0.2, 0.25) is 0 Å². The first-order valence-corrected chi connectivity index (χ1v) is 9.26. The predicted octanol–water partition coefficient (Wildman–Crippen LogP) is 3.10. The van der Waals surface area contributed by atoms with E-state index in [0.717, 1.165) is 18.4 Å². The van der Waals surface area contributed by atoms with Crippen LogP contribution in [-0.4, -0.2) is 44.1 Å². The maximum absolute atomic E-state index is 12.8. The first-order chi connectivity index (χ1) is 14.1. The SMILES string of the molecule is COc1ccc(OC)c([C@@H]2CCCN2C(=O)COC(=O)c2cccc(C#N)c2)c1. The molecule has 0 unspecified atom stereocenters. The molecule has 1 heterocycles. The van der Waals surface area contributed by atoms with Crippen molar-refractivity contribution < 1.29 is 23.8 Å². The summed E-state index contributed by atoms with van der Waals surface area (Å²) in [4.78, 5) is 26.7.